The van der Waals surface area contributed by atoms with Gasteiger partial charge in [0.2, 0.25) is 0 Å². The number of nitrogens with zero attached hydrogens (tertiary/aromatic N) is 2. The second kappa shape index (κ2) is 3.78. The van der Waals surface area contributed by atoms with Crippen molar-refractivity contribution in [3.05, 3.63) is 15.9 Å². The maximum Gasteiger partial charge on any atom is 0.184 e. The van der Waals surface area contributed by atoms with Crippen molar-refractivity contribution in [2.24, 2.45) is 18.0 Å². The second-order valence-electron chi connectivity index (χ2n) is 5.50. The van der Waals surface area contributed by atoms with E-state index in [-0.39, 0.29) is 5.41 Å². The normalized spacial score (nSPS) is 18.5. The zero-order chi connectivity index (χ0) is 11.1. The summed E-state index contributed by atoms with van der Waals surface area (Å²) in [6.07, 6.45) is 2.76. The van der Waals surface area contributed by atoms with Crippen LogP contribution in [0.2, 0.25) is 0 Å². The van der Waals surface area contributed by atoms with Crippen LogP contribution in [-0.2, 0) is 12.5 Å². The molecule has 84 valence electrons. The van der Waals surface area contributed by atoms with Crippen LogP contribution in [0, 0.1) is 5.92 Å². The van der Waals surface area contributed by atoms with Gasteiger partial charge in [-0.1, -0.05) is 20.8 Å². The summed E-state index contributed by atoms with van der Waals surface area (Å²) in [7, 11) is 2.13. The quantitative estimate of drug-likeness (QED) is 0.735. The van der Waals surface area contributed by atoms with E-state index in [9.17, 15) is 0 Å². The van der Waals surface area contributed by atoms with Crippen molar-refractivity contribution in [1.29, 1.82) is 0 Å². The standard InChI is InChI=1S/C12H20N2S/c1-12(2,3)10-8-15-11(14(10)4)13-7-9-5-6-9/h8-9H,5-7H2,1-4H3. The molecular formula is C12H20N2S. The minimum atomic E-state index is 0.221. The number of hydrogen-bond donors (Lipinski definition) is 0. The Labute approximate surface area is 95.7 Å². The van der Waals surface area contributed by atoms with Crippen molar-refractivity contribution in [2.45, 2.75) is 39.0 Å². The van der Waals surface area contributed by atoms with Crippen molar-refractivity contribution in [2.75, 3.05) is 6.54 Å². The third-order valence-electron chi connectivity index (χ3n) is 2.87. The van der Waals surface area contributed by atoms with Gasteiger partial charge < -0.3 is 4.57 Å². The lowest BCUT2D eigenvalue weighted by Gasteiger charge is -2.18. The van der Waals surface area contributed by atoms with Gasteiger partial charge in [-0.15, -0.1) is 11.3 Å². The number of rotatable bonds is 2. The summed E-state index contributed by atoms with van der Waals surface area (Å²) in [5.41, 5.74) is 1.60. The maximum atomic E-state index is 4.68. The molecule has 0 amide bonds. The Bertz CT molecular complexity index is 402. The molecule has 0 atom stereocenters. The maximum absolute atomic E-state index is 4.68. The van der Waals surface area contributed by atoms with Gasteiger partial charge in [-0.3, -0.25) is 4.99 Å². The van der Waals surface area contributed by atoms with Crippen molar-refractivity contribution in [1.82, 2.24) is 4.57 Å². The molecule has 2 rings (SSSR count). The highest BCUT2D eigenvalue weighted by Crippen LogP contribution is 2.28. The topological polar surface area (TPSA) is 17.3 Å². The molecule has 0 N–H and O–H groups in total. The Morgan fingerprint density at radius 3 is 2.60 bits per heavy atom. The van der Waals surface area contributed by atoms with E-state index < -0.39 is 0 Å². The Hall–Kier alpha value is -0.570. The molecule has 0 saturated heterocycles. The number of aromatic nitrogens is 1. The summed E-state index contributed by atoms with van der Waals surface area (Å²) in [6, 6.07) is 0. The van der Waals surface area contributed by atoms with Gasteiger partial charge in [-0.05, 0) is 18.8 Å². The van der Waals surface area contributed by atoms with Crippen molar-refractivity contribution in [3.8, 4) is 0 Å². The lowest BCUT2D eigenvalue weighted by atomic mass is 9.93. The van der Waals surface area contributed by atoms with Gasteiger partial charge >= 0.3 is 0 Å². The molecule has 1 aliphatic carbocycles. The van der Waals surface area contributed by atoms with Gasteiger partial charge in [0.15, 0.2) is 4.80 Å². The highest BCUT2D eigenvalue weighted by atomic mass is 32.1. The molecule has 0 radical (unpaired) electrons. The van der Waals surface area contributed by atoms with E-state index in [1.54, 1.807) is 11.3 Å². The van der Waals surface area contributed by atoms with Gasteiger partial charge in [-0.2, -0.15) is 0 Å². The van der Waals surface area contributed by atoms with Crippen LogP contribution in [0.1, 0.15) is 39.3 Å². The molecule has 1 heterocycles. The molecule has 1 aromatic rings. The second-order valence-corrected chi connectivity index (χ2v) is 6.33. The molecule has 1 saturated carbocycles. The predicted octanol–water partition coefficient (Wildman–Crippen LogP) is 2.69. The average Bonchev–Trinajstić information content (AvgIpc) is 2.86. The van der Waals surface area contributed by atoms with Crippen LogP contribution in [0.5, 0.6) is 0 Å². The third-order valence-corrected chi connectivity index (χ3v) is 3.83. The largest absolute Gasteiger partial charge is 0.324 e. The first-order valence-electron chi connectivity index (χ1n) is 5.64. The summed E-state index contributed by atoms with van der Waals surface area (Å²) in [4.78, 5) is 5.86. The van der Waals surface area contributed by atoms with E-state index in [1.165, 1.54) is 23.3 Å². The van der Waals surface area contributed by atoms with Crippen LogP contribution >= 0.6 is 11.3 Å². The van der Waals surface area contributed by atoms with Gasteiger partial charge in [0, 0.05) is 30.1 Å². The molecule has 3 heteroatoms. The van der Waals surface area contributed by atoms with E-state index >= 15 is 0 Å². The van der Waals surface area contributed by atoms with Gasteiger partial charge in [0.1, 0.15) is 0 Å². The molecular weight excluding hydrogens is 204 g/mol. The number of hydrogen-bond acceptors (Lipinski definition) is 2. The van der Waals surface area contributed by atoms with Crippen LogP contribution in [0.25, 0.3) is 0 Å². The van der Waals surface area contributed by atoms with E-state index in [4.69, 9.17) is 0 Å². The molecule has 0 aliphatic heterocycles. The minimum Gasteiger partial charge on any atom is -0.324 e. The van der Waals surface area contributed by atoms with E-state index in [1.807, 2.05) is 0 Å². The highest BCUT2D eigenvalue weighted by molar-refractivity contribution is 7.07. The average molecular weight is 224 g/mol. The summed E-state index contributed by atoms with van der Waals surface area (Å²) in [5, 5.41) is 2.24. The summed E-state index contributed by atoms with van der Waals surface area (Å²) in [5.74, 6) is 0.880. The van der Waals surface area contributed by atoms with Crippen LogP contribution in [0.15, 0.2) is 10.4 Å². The molecule has 0 unspecified atom stereocenters. The van der Waals surface area contributed by atoms with Crippen LogP contribution in [0.4, 0.5) is 0 Å². The SMILES string of the molecule is Cn1c(C(C)(C)C)csc1=NCC1CC1. The zero-order valence-electron chi connectivity index (χ0n) is 10.1. The highest BCUT2D eigenvalue weighted by Gasteiger charge is 2.21. The first-order chi connectivity index (χ1) is 6.98. The van der Waals surface area contributed by atoms with Crippen LogP contribution in [-0.4, -0.2) is 11.1 Å². The van der Waals surface area contributed by atoms with E-state index in [2.05, 4.69) is 42.8 Å². The minimum absolute atomic E-state index is 0.221. The van der Waals surface area contributed by atoms with Gasteiger partial charge in [0.05, 0.1) is 0 Å². The Balaban J connectivity index is 2.26. The fourth-order valence-electron chi connectivity index (χ4n) is 1.70. The molecule has 2 nitrogen and oxygen atoms in total. The first-order valence-corrected chi connectivity index (χ1v) is 6.52. The lowest BCUT2D eigenvalue weighted by molar-refractivity contribution is 0.536. The van der Waals surface area contributed by atoms with Crippen molar-refractivity contribution < 1.29 is 0 Å². The van der Waals surface area contributed by atoms with Gasteiger partial charge in [0.25, 0.3) is 0 Å². The molecule has 0 aromatic carbocycles. The monoisotopic (exact) mass is 224 g/mol. The Morgan fingerprint density at radius 2 is 2.13 bits per heavy atom. The van der Waals surface area contributed by atoms with Crippen molar-refractivity contribution >= 4 is 11.3 Å². The molecule has 1 aromatic heterocycles. The Kier molecular flexibility index (Phi) is 2.75. The lowest BCUT2D eigenvalue weighted by Crippen LogP contribution is -2.22. The number of thiazole rings is 1. The van der Waals surface area contributed by atoms with Crippen LogP contribution in [0.3, 0.4) is 0 Å². The van der Waals surface area contributed by atoms with E-state index in [0.29, 0.717) is 0 Å². The fraction of sp³-hybridized carbons (Fsp3) is 0.750. The summed E-state index contributed by atoms with van der Waals surface area (Å²) < 4.78 is 2.24. The first kappa shape index (κ1) is 10.9. The Morgan fingerprint density at radius 1 is 1.47 bits per heavy atom. The summed E-state index contributed by atoms with van der Waals surface area (Å²) >= 11 is 1.77. The van der Waals surface area contributed by atoms with Crippen molar-refractivity contribution in [3.63, 3.8) is 0 Å². The molecule has 1 aliphatic rings. The van der Waals surface area contributed by atoms with E-state index in [0.717, 1.165) is 12.5 Å². The smallest absolute Gasteiger partial charge is 0.184 e. The molecule has 0 bridgehead atoms. The predicted molar refractivity (Wildman–Crippen MR) is 65.1 cm³/mol. The molecule has 0 spiro atoms. The van der Waals surface area contributed by atoms with Gasteiger partial charge in [-0.25, -0.2) is 0 Å². The zero-order valence-corrected chi connectivity index (χ0v) is 10.9. The molecule has 1 fully saturated rings. The fourth-order valence-corrected chi connectivity index (χ4v) is 2.83. The third kappa shape index (κ3) is 2.51. The molecule has 15 heavy (non-hydrogen) atoms. The summed E-state index contributed by atoms with van der Waals surface area (Å²) in [6.45, 7) is 7.77. The van der Waals surface area contributed by atoms with Crippen LogP contribution < -0.4 is 4.80 Å².